The third-order valence-electron chi connectivity index (χ3n) is 1.68. The summed E-state index contributed by atoms with van der Waals surface area (Å²) < 4.78 is 5.00. The fourth-order valence-corrected chi connectivity index (χ4v) is 1.05. The third kappa shape index (κ3) is 4.96. The van der Waals surface area contributed by atoms with Crippen molar-refractivity contribution in [2.45, 2.75) is 6.92 Å². The zero-order chi connectivity index (χ0) is 12.5. The Morgan fingerprint density at radius 2 is 2.12 bits per heavy atom. The van der Waals surface area contributed by atoms with Crippen molar-refractivity contribution in [3.63, 3.8) is 0 Å². The van der Waals surface area contributed by atoms with Gasteiger partial charge in [0.05, 0.1) is 0 Å². The van der Waals surface area contributed by atoms with Crippen LogP contribution in [0.1, 0.15) is 6.92 Å². The first-order valence-corrected chi connectivity index (χ1v) is 5.06. The smallest absolute Gasteiger partial charge is 0.410 e. The minimum atomic E-state index is -0.647. The van der Waals surface area contributed by atoms with Crippen LogP contribution >= 0.6 is 0 Å². The van der Waals surface area contributed by atoms with E-state index in [-0.39, 0.29) is 5.96 Å². The van der Waals surface area contributed by atoms with E-state index in [0.29, 0.717) is 12.3 Å². The van der Waals surface area contributed by atoms with Gasteiger partial charge in [0.25, 0.3) is 0 Å². The summed E-state index contributed by atoms with van der Waals surface area (Å²) in [7, 11) is 0. The van der Waals surface area contributed by atoms with Crippen LogP contribution in [0.3, 0.4) is 0 Å². The van der Waals surface area contributed by atoms with Crippen LogP contribution < -0.4 is 26.9 Å². The summed E-state index contributed by atoms with van der Waals surface area (Å²) in [6.07, 6.45) is -0.647. The number of rotatable bonds is 3. The number of nitrogens with one attached hydrogen (secondary N) is 3. The molecule has 5 N–H and O–H groups in total. The molecule has 0 fully saturated rings. The Morgan fingerprint density at radius 1 is 1.41 bits per heavy atom. The van der Waals surface area contributed by atoms with E-state index in [0.717, 1.165) is 0 Å². The number of carbonyl (C=O) groups is 1. The number of hydrazine groups is 2. The lowest BCUT2D eigenvalue weighted by Crippen LogP contribution is -2.51. The molecule has 0 unspecified atom stereocenters. The topological polar surface area (TPSA) is 101 Å². The lowest BCUT2D eigenvalue weighted by Gasteiger charge is -2.09. The molecular weight excluding hydrogens is 222 g/mol. The van der Waals surface area contributed by atoms with Crippen molar-refractivity contribution >= 4 is 12.1 Å². The van der Waals surface area contributed by atoms with E-state index in [4.69, 9.17) is 10.6 Å². The van der Waals surface area contributed by atoms with E-state index >= 15 is 0 Å². The maximum atomic E-state index is 11.4. The second-order valence-corrected chi connectivity index (χ2v) is 2.92. The van der Waals surface area contributed by atoms with Crippen LogP contribution in [0, 0.1) is 0 Å². The molecule has 0 heterocycles. The summed E-state index contributed by atoms with van der Waals surface area (Å²) in [6.45, 7) is 2.32. The van der Waals surface area contributed by atoms with Gasteiger partial charge in [0.2, 0.25) is 5.96 Å². The molecule has 1 rings (SSSR count). The highest BCUT2D eigenvalue weighted by Gasteiger charge is 2.06. The van der Waals surface area contributed by atoms with Gasteiger partial charge in [-0.05, 0) is 19.1 Å². The van der Waals surface area contributed by atoms with Gasteiger partial charge in [0.15, 0.2) is 0 Å². The van der Waals surface area contributed by atoms with E-state index in [1.165, 1.54) is 0 Å². The lowest BCUT2D eigenvalue weighted by atomic mass is 10.3. The molecule has 0 bridgehead atoms. The first-order chi connectivity index (χ1) is 8.26. The SMILES string of the molecule is CCN=C(NNN)NC(=O)Oc1ccccc1. The molecule has 7 nitrogen and oxygen atoms in total. The van der Waals surface area contributed by atoms with Gasteiger partial charge >= 0.3 is 6.09 Å². The summed E-state index contributed by atoms with van der Waals surface area (Å²) in [5.74, 6) is 5.69. The van der Waals surface area contributed by atoms with Crippen LogP contribution in [-0.4, -0.2) is 18.6 Å². The van der Waals surface area contributed by atoms with Gasteiger partial charge in [0.1, 0.15) is 5.75 Å². The molecule has 0 aliphatic carbocycles. The van der Waals surface area contributed by atoms with Gasteiger partial charge in [-0.1, -0.05) is 18.2 Å². The number of guanidine groups is 1. The van der Waals surface area contributed by atoms with Crippen LogP contribution in [0.2, 0.25) is 0 Å². The molecule has 17 heavy (non-hydrogen) atoms. The van der Waals surface area contributed by atoms with Crippen LogP contribution in [0.15, 0.2) is 35.3 Å². The average Bonchev–Trinajstić information content (AvgIpc) is 2.30. The largest absolute Gasteiger partial charge is 0.419 e. The quantitative estimate of drug-likeness (QED) is 0.259. The van der Waals surface area contributed by atoms with Crippen LogP contribution in [-0.2, 0) is 0 Å². The van der Waals surface area contributed by atoms with Crippen molar-refractivity contribution in [1.29, 1.82) is 0 Å². The maximum Gasteiger partial charge on any atom is 0.419 e. The monoisotopic (exact) mass is 237 g/mol. The predicted octanol–water partition coefficient (Wildman–Crippen LogP) is 0.119. The Bertz CT molecular complexity index is 380. The van der Waals surface area contributed by atoms with Crippen molar-refractivity contribution in [1.82, 2.24) is 16.3 Å². The Balaban J connectivity index is 2.51. The number of para-hydroxylation sites is 1. The second-order valence-electron chi connectivity index (χ2n) is 2.92. The molecule has 92 valence electrons. The van der Waals surface area contributed by atoms with Gasteiger partial charge in [0, 0.05) is 6.54 Å². The molecule has 0 saturated heterocycles. The average molecular weight is 237 g/mol. The van der Waals surface area contributed by atoms with Gasteiger partial charge in [-0.3, -0.25) is 21.6 Å². The first kappa shape index (κ1) is 12.9. The molecule has 0 atom stereocenters. The minimum Gasteiger partial charge on any atom is -0.410 e. The molecule has 0 radical (unpaired) electrons. The fourth-order valence-electron chi connectivity index (χ4n) is 1.05. The number of ether oxygens (including phenoxy) is 1. The highest BCUT2D eigenvalue weighted by atomic mass is 16.6. The molecule has 0 aromatic heterocycles. The first-order valence-electron chi connectivity index (χ1n) is 5.06. The number of aliphatic imine (C=N–C) groups is 1. The number of amides is 1. The van der Waals surface area contributed by atoms with Gasteiger partial charge in [-0.25, -0.2) is 4.79 Å². The molecule has 1 aromatic rings. The predicted molar refractivity (Wildman–Crippen MR) is 64.0 cm³/mol. The Morgan fingerprint density at radius 3 is 2.71 bits per heavy atom. The summed E-state index contributed by atoms with van der Waals surface area (Å²) in [4.78, 5) is 15.4. The summed E-state index contributed by atoms with van der Waals surface area (Å²) >= 11 is 0. The summed E-state index contributed by atoms with van der Waals surface area (Å²) in [5, 5.41) is 2.40. The standard InChI is InChI=1S/C10H15N5O2/c1-2-12-9(14-15-11)13-10(16)17-8-6-4-3-5-7-8/h3-7,15H,2,11H2,1H3,(H2,12,13,14,16). The van der Waals surface area contributed by atoms with Crippen molar-refractivity contribution < 1.29 is 9.53 Å². The van der Waals surface area contributed by atoms with E-state index in [2.05, 4.69) is 21.3 Å². The maximum absolute atomic E-state index is 11.4. The van der Waals surface area contributed by atoms with Crippen LogP contribution in [0.25, 0.3) is 0 Å². The number of hydrogen-bond donors (Lipinski definition) is 4. The lowest BCUT2D eigenvalue weighted by molar-refractivity contribution is 0.205. The zero-order valence-electron chi connectivity index (χ0n) is 9.43. The molecule has 0 aliphatic heterocycles. The molecule has 1 amide bonds. The van der Waals surface area contributed by atoms with Crippen molar-refractivity contribution in [2.24, 2.45) is 10.8 Å². The number of nitrogens with zero attached hydrogens (tertiary/aromatic N) is 1. The summed E-state index contributed by atoms with van der Waals surface area (Å²) in [6, 6.07) is 8.71. The van der Waals surface area contributed by atoms with Crippen molar-refractivity contribution in [3.8, 4) is 5.75 Å². The van der Waals surface area contributed by atoms with E-state index in [1.807, 2.05) is 13.0 Å². The number of nitrogens with two attached hydrogens (primary N) is 1. The van der Waals surface area contributed by atoms with E-state index in [1.54, 1.807) is 24.3 Å². The van der Waals surface area contributed by atoms with Crippen molar-refractivity contribution in [2.75, 3.05) is 6.54 Å². The Kier molecular flexibility index (Phi) is 5.49. The molecular formula is C10H15N5O2. The number of carbonyl (C=O) groups excluding carboxylic acids is 1. The number of benzene rings is 1. The highest BCUT2D eigenvalue weighted by Crippen LogP contribution is 2.07. The van der Waals surface area contributed by atoms with Crippen LogP contribution in [0.5, 0.6) is 5.75 Å². The minimum absolute atomic E-state index is 0.191. The molecule has 0 spiro atoms. The molecule has 7 heteroatoms. The Hall–Kier alpha value is -2.12. The third-order valence-corrected chi connectivity index (χ3v) is 1.68. The van der Waals surface area contributed by atoms with Gasteiger partial charge in [-0.2, -0.15) is 5.53 Å². The zero-order valence-corrected chi connectivity index (χ0v) is 9.43. The molecule has 0 aliphatic rings. The number of hydrogen-bond acceptors (Lipinski definition) is 5. The Labute approximate surface area is 99.0 Å². The normalized spacial score (nSPS) is 10.8. The van der Waals surface area contributed by atoms with E-state index in [9.17, 15) is 4.79 Å². The van der Waals surface area contributed by atoms with Crippen molar-refractivity contribution in [3.05, 3.63) is 30.3 Å². The molecule has 0 saturated carbocycles. The van der Waals surface area contributed by atoms with E-state index < -0.39 is 6.09 Å². The van der Waals surface area contributed by atoms with Gasteiger partial charge in [-0.15, -0.1) is 0 Å². The fraction of sp³-hybridized carbons (Fsp3) is 0.200. The highest BCUT2D eigenvalue weighted by molar-refractivity contribution is 5.94. The van der Waals surface area contributed by atoms with Crippen LogP contribution in [0.4, 0.5) is 4.79 Å². The van der Waals surface area contributed by atoms with Gasteiger partial charge < -0.3 is 4.74 Å². The summed E-state index contributed by atoms with van der Waals surface area (Å²) in [5.41, 5.74) is 4.64. The molecule has 1 aromatic carbocycles. The second kappa shape index (κ2) is 7.20.